The third-order valence-corrected chi connectivity index (χ3v) is 7.27. The maximum atomic E-state index is 13.3. The van der Waals surface area contributed by atoms with Crippen molar-refractivity contribution in [2.75, 3.05) is 33.0 Å². The Morgan fingerprint density at radius 2 is 2.00 bits per heavy atom. The molecule has 2 aromatic carbocycles. The van der Waals surface area contributed by atoms with Crippen LogP contribution in [0.3, 0.4) is 0 Å². The minimum atomic E-state index is -1.17. The molecule has 1 aliphatic heterocycles. The van der Waals surface area contributed by atoms with Crippen LogP contribution in [0.1, 0.15) is 30.4 Å². The zero-order valence-corrected chi connectivity index (χ0v) is 19.2. The summed E-state index contributed by atoms with van der Waals surface area (Å²) in [5, 5.41) is 21.4. The number of ether oxygens (including phenoxy) is 2. The van der Waals surface area contributed by atoms with Crippen LogP contribution in [0, 0.1) is 29.1 Å². The van der Waals surface area contributed by atoms with Crippen LogP contribution >= 0.6 is 0 Å². The van der Waals surface area contributed by atoms with E-state index in [0.29, 0.717) is 43.1 Å². The van der Waals surface area contributed by atoms with Crippen LogP contribution in [0.15, 0.2) is 42.5 Å². The molecule has 0 aromatic heterocycles. The standard InChI is InChI=1S/C26H31N3O4/c1-32-23-9-4-3-7-20(23)26(31)14-17(10-11-27)12-19-15-29(16-21(19)26)24(30)13-18-6-5-8-22(28)25(18)33-2/h3-9,17,19,21,31H,10,12-16,28H2,1-2H3/t17-,19-,21-,26-/m1/s1. The van der Waals surface area contributed by atoms with E-state index in [2.05, 4.69) is 6.07 Å². The van der Waals surface area contributed by atoms with E-state index in [0.717, 1.165) is 17.5 Å². The highest BCUT2D eigenvalue weighted by Crippen LogP contribution is 2.52. The van der Waals surface area contributed by atoms with Gasteiger partial charge in [-0.3, -0.25) is 4.79 Å². The second-order valence-corrected chi connectivity index (χ2v) is 9.17. The monoisotopic (exact) mass is 449 g/mol. The first-order valence-corrected chi connectivity index (χ1v) is 11.3. The molecule has 4 atom stereocenters. The highest BCUT2D eigenvalue weighted by Gasteiger charge is 2.54. The first-order chi connectivity index (χ1) is 15.9. The number of carbonyl (C=O) groups excluding carboxylic acids is 1. The molecule has 0 spiro atoms. The fraction of sp³-hybridized carbons (Fsp3) is 0.462. The smallest absolute Gasteiger partial charge is 0.227 e. The zero-order chi connectivity index (χ0) is 23.6. The third-order valence-electron chi connectivity index (χ3n) is 7.27. The van der Waals surface area contributed by atoms with Crippen LogP contribution in [-0.2, 0) is 16.8 Å². The van der Waals surface area contributed by atoms with E-state index in [4.69, 9.17) is 15.2 Å². The molecular formula is C26H31N3O4. The van der Waals surface area contributed by atoms with Crippen molar-refractivity contribution in [2.24, 2.45) is 17.8 Å². The lowest BCUT2D eigenvalue weighted by atomic mass is 9.63. The summed E-state index contributed by atoms with van der Waals surface area (Å²) in [5.41, 5.74) is 6.83. The lowest BCUT2D eigenvalue weighted by Gasteiger charge is -2.45. The first kappa shape index (κ1) is 22.9. The molecule has 1 aliphatic carbocycles. The minimum Gasteiger partial charge on any atom is -0.496 e. The second kappa shape index (κ2) is 9.32. The van der Waals surface area contributed by atoms with Gasteiger partial charge in [-0.1, -0.05) is 30.3 Å². The van der Waals surface area contributed by atoms with Gasteiger partial charge in [0.1, 0.15) is 11.5 Å². The largest absolute Gasteiger partial charge is 0.496 e. The van der Waals surface area contributed by atoms with Crippen molar-refractivity contribution in [1.82, 2.24) is 4.90 Å². The Morgan fingerprint density at radius 3 is 2.73 bits per heavy atom. The molecule has 7 nitrogen and oxygen atoms in total. The Kier molecular flexibility index (Phi) is 6.48. The number of aliphatic hydroxyl groups is 1. The average molecular weight is 450 g/mol. The van der Waals surface area contributed by atoms with Gasteiger partial charge in [0.25, 0.3) is 0 Å². The second-order valence-electron chi connectivity index (χ2n) is 9.17. The summed E-state index contributed by atoms with van der Waals surface area (Å²) in [4.78, 5) is 15.1. The van der Waals surface area contributed by atoms with Gasteiger partial charge in [-0.05, 0) is 36.8 Å². The van der Waals surface area contributed by atoms with E-state index in [-0.39, 0.29) is 30.1 Å². The van der Waals surface area contributed by atoms with Gasteiger partial charge in [0, 0.05) is 36.6 Å². The Labute approximate surface area is 194 Å². The van der Waals surface area contributed by atoms with Gasteiger partial charge >= 0.3 is 0 Å². The number of amides is 1. The molecule has 2 aliphatic rings. The number of nitriles is 1. The molecule has 33 heavy (non-hydrogen) atoms. The van der Waals surface area contributed by atoms with Gasteiger partial charge in [0.2, 0.25) is 5.91 Å². The number of nitrogens with two attached hydrogens (primary N) is 1. The SMILES string of the molecule is COc1ccccc1[C@]1(O)C[C@H](CC#N)C[C@@H]2CN(C(=O)Cc3cccc(N)c3OC)C[C@H]21. The molecule has 1 saturated carbocycles. The number of nitrogens with zero attached hydrogens (tertiary/aromatic N) is 2. The normalized spacial score (nSPS) is 26.4. The summed E-state index contributed by atoms with van der Waals surface area (Å²) >= 11 is 0. The van der Waals surface area contributed by atoms with Gasteiger partial charge in [-0.15, -0.1) is 0 Å². The predicted octanol–water partition coefficient (Wildman–Crippen LogP) is 3.11. The van der Waals surface area contributed by atoms with Crippen molar-refractivity contribution in [3.8, 4) is 17.6 Å². The predicted molar refractivity (Wildman–Crippen MR) is 125 cm³/mol. The number of rotatable bonds is 6. The third kappa shape index (κ3) is 4.23. The number of nitrogen functional groups attached to an aromatic ring is 1. The molecule has 7 heteroatoms. The number of carbonyl (C=O) groups is 1. The number of methoxy groups -OCH3 is 2. The number of likely N-dealkylation sites (tertiary alicyclic amines) is 1. The Balaban J connectivity index is 1.62. The van der Waals surface area contributed by atoms with Crippen LogP contribution in [0.5, 0.6) is 11.5 Å². The highest BCUT2D eigenvalue weighted by atomic mass is 16.5. The summed E-state index contributed by atoms with van der Waals surface area (Å²) in [6.07, 6.45) is 1.87. The zero-order valence-electron chi connectivity index (χ0n) is 19.2. The van der Waals surface area contributed by atoms with Crippen LogP contribution in [0.25, 0.3) is 0 Å². The number of benzene rings is 2. The number of hydrogen-bond donors (Lipinski definition) is 2. The summed E-state index contributed by atoms with van der Waals surface area (Å²) in [6.45, 7) is 1.02. The van der Waals surface area contributed by atoms with E-state index in [1.165, 1.54) is 0 Å². The van der Waals surface area contributed by atoms with Crippen LogP contribution in [0.2, 0.25) is 0 Å². The van der Waals surface area contributed by atoms with Crippen molar-refractivity contribution >= 4 is 11.6 Å². The molecule has 1 amide bonds. The number of para-hydroxylation sites is 2. The molecule has 2 fully saturated rings. The maximum Gasteiger partial charge on any atom is 0.227 e. The van der Waals surface area contributed by atoms with E-state index < -0.39 is 5.60 Å². The Hall–Kier alpha value is -3.24. The van der Waals surface area contributed by atoms with Gasteiger partial charge in [0.05, 0.1) is 38.0 Å². The van der Waals surface area contributed by atoms with Crippen molar-refractivity contribution < 1.29 is 19.4 Å². The molecule has 1 heterocycles. The quantitative estimate of drug-likeness (QED) is 0.656. The fourth-order valence-corrected chi connectivity index (χ4v) is 5.82. The molecule has 3 N–H and O–H groups in total. The lowest BCUT2D eigenvalue weighted by Crippen LogP contribution is -2.46. The van der Waals surface area contributed by atoms with E-state index in [9.17, 15) is 15.2 Å². The van der Waals surface area contributed by atoms with Crippen molar-refractivity contribution in [3.63, 3.8) is 0 Å². The summed E-state index contributed by atoms with van der Waals surface area (Å²) < 4.78 is 11.0. The summed E-state index contributed by atoms with van der Waals surface area (Å²) in [6, 6.07) is 15.2. The lowest BCUT2D eigenvalue weighted by molar-refractivity contribution is -0.130. The Morgan fingerprint density at radius 1 is 1.21 bits per heavy atom. The first-order valence-electron chi connectivity index (χ1n) is 11.3. The number of hydrogen-bond acceptors (Lipinski definition) is 6. The molecule has 4 rings (SSSR count). The molecule has 1 saturated heterocycles. The van der Waals surface area contributed by atoms with Crippen molar-refractivity contribution in [3.05, 3.63) is 53.6 Å². The molecule has 174 valence electrons. The average Bonchev–Trinajstić information content (AvgIpc) is 3.25. The van der Waals surface area contributed by atoms with Gasteiger partial charge < -0.3 is 25.2 Å². The topological polar surface area (TPSA) is 109 Å². The van der Waals surface area contributed by atoms with Crippen molar-refractivity contribution in [1.29, 1.82) is 5.26 Å². The minimum absolute atomic E-state index is 0.0208. The number of anilines is 1. The van der Waals surface area contributed by atoms with E-state index in [1.807, 2.05) is 41.3 Å². The fourth-order valence-electron chi connectivity index (χ4n) is 5.82. The molecule has 0 unspecified atom stereocenters. The maximum absolute atomic E-state index is 13.3. The van der Waals surface area contributed by atoms with E-state index in [1.54, 1.807) is 20.3 Å². The molecule has 0 radical (unpaired) electrons. The molecular weight excluding hydrogens is 418 g/mol. The molecule has 2 aromatic rings. The summed E-state index contributed by atoms with van der Waals surface area (Å²) in [7, 11) is 3.14. The Bertz CT molecular complexity index is 1070. The van der Waals surface area contributed by atoms with Gasteiger partial charge in [-0.2, -0.15) is 5.26 Å². The van der Waals surface area contributed by atoms with E-state index >= 15 is 0 Å². The highest BCUT2D eigenvalue weighted by molar-refractivity contribution is 5.81. The van der Waals surface area contributed by atoms with Crippen LogP contribution < -0.4 is 15.2 Å². The summed E-state index contributed by atoms with van der Waals surface area (Å²) in [5.74, 6) is 1.18. The number of fused-ring (bicyclic) bond motifs is 1. The van der Waals surface area contributed by atoms with Crippen LogP contribution in [-0.4, -0.2) is 43.2 Å². The van der Waals surface area contributed by atoms with Crippen LogP contribution in [0.4, 0.5) is 5.69 Å². The van der Waals surface area contributed by atoms with Gasteiger partial charge in [0.15, 0.2) is 0 Å². The molecule has 0 bridgehead atoms. The van der Waals surface area contributed by atoms with Crippen molar-refractivity contribution in [2.45, 2.75) is 31.3 Å². The van der Waals surface area contributed by atoms with Gasteiger partial charge in [-0.25, -0.2) is 0 Å².